The Hall–Kier alpha value is -2.76. The summed E-state index contributed by atoms with van der Waals surface area (Å²) in [5.74, 6) is 0.518. The first-order valence-electron chi connectivity index (χ1n) is 16.0. The summed E-state index contributed by atoms with van der Waals surface area (Å²) in [6, 6.07) is 22.4. The van der Waals surface area contributed by atoms with Gasteiger partial charge in [0.25, 0.3) is 0 Å². The van der Waals surface area contributed by atoms with Crippen LogP contribution in [-0.2, 0) is 35.1 Å². The average molecular weight is 656 g/mol. The first-order valence-corrected chi connectivity index (χ1v) is 17.4. The molecule has 7 rings (SSSR count). The van der Waals surface area contributed by atoms with Gasteiger partial charge in [-0.05, 0) is 36.1 Å². The van der Waals surface area contributed by atoms with Crippen molar-refractivity contribution in [1.82, 2.24) is 0 Å². The van der Waals surface area contributed by atoms with Crippen molar-refractivity contribution in [3.05, 3.63) is 124 Å². The molecule has 1 unspecified atom stereocenters. The van der Waals surface area contributed by atoms with E-state index in [0.29, 0.717) is 11.3 Å². The third-order valence-corrected chi connectivity index (χ3v) is 10.2. The first-order chi connectivity index (χ1) is 20.5. The van der Waals surface area contributed by atoms with Gasteiger partial charge in [-0.3, -0.25) is 6.08 Å². The van der Waals surface area contributed by atoms with Crippen LogP contribution in [-0.4, -0.2) is 3.71 Å². The fraction of sp³-hybridized carbons (Fsp3) is 0.349. The summed E-state index contributed by atoms with van der Waals surface area (Å²) in [5.41, 5.74) is 13.3. The molecule has 1 atom stereocenters. The van der Waals surface area contributed by atoms with Crippen molar-refractivity contribution < 1.29 is 24.2 Å². The van der Waals surface area contributed by atoms with Crippen molar-refractivity contribution in [2.24, 2.45) is 11.3 Å². The Bertz CT molecular complexity index is 1780. The minimum absolute atomic E-state index is 0.139. The molecule has 4 aromatic carbocycles. The molecule has 0 heterocycles. The molecule has 0 N–H and O–H groups in total. The van der Waals surface area contributed by atoms with Gasteiger partial charge < -0.3 is 0 Å². The summed E-state index contributed by atoms with van der Waals surface area (Å²) in [6.45, 7) is 24.9. The molecule has 4 aromatic rings. The Labute approximate surface area is 281 Å². The molecule has 3 aliphatic carbocycles. The van der Waals surface area contributed by atoms with Gasteiger partial charge in [0.1, 0.15) is 0 Å². The standard InChI is InChI=1S/C25H25.C11H17.C7H6.Zr/c1-14-12-24(3,4)22-8-16-7-17-9-23-19(15(2)13-25(23,5)6)11-21(17)20(16)10-18(14)22;1-8-6-9(2)10(7-8)11(3,4)5;1-7-5-3-2-4-6-7;/h7-13H,1-6H3;7-8H,1-5H3;1-6H;/q2*-1;;+2. The predicted octanol–water partition coefficient (Wildman–Crippen LogP) is 11.8. The van der Waals surface area contributed by atoms with E-state index in [1.165, 1.54) is 95.9 Å². The van der Waals surface area contributed by atoms with E-state index in [1.54, 1.807) is 0 Å². The van der Waals surface area contributed by atoms with Crippen LogP contribution in [0.4, 0.5) is 0 Å². The third kappa shape index (κ3) is 6.33. The van der Waals surface area contributed by atoms with Crippen LogP contribution in [0.25, 0.3) is 32.7 Å². The number of rotatable bonds is 1. The van der Waals surface area contributed by atoms with Gasteiger partial charge in [0, 0.05) is 10.8 Å². The van der Waals surface area contributed by atoms with E-state index in [2.05, 4.69) is 159 Å². The minimum atomic E-state index is 0.139. The monoisotopic (exact) mass is 654 g/mol. The number of hydrogen-bond acceptors (Lipinski definition) is 0. The van der Waals surface area contributed by atoms with Gasteiger partial charge in [-0.2, -0.15) is 11.6 Å². The molecular formula is C43H48Zr. The van der Waals surface area contributed by atoms with E-state index in [1.807, 2.05) is 6.07 Å². The molecule has 3 aliphatic rings. The predicted molar refractivity (Wildman–Crippen MR) is 191 cm³/mol. The zero-order valence-electron chi connectivity index (χ0n) is 28.7. The van der Waals surface area contributed by atoms with Gasteiger partial charge in [-0.25, -0.2) is 5.57 Å². The maximum absolute atomic E-state index is 3.40. The SMILES string of the molecule is CC1=CC(C)(C)c2cc3[cH-]c4cc5c(cc4c3cc21)C(C)=CC5(C)C.CC1=[C-]C(C)C=C1C(C)(C)C.[Zr+2]=[CH]c1ccccc1. The topological polar surface area (TPSA) is 0 Å². The van der Waals surface area contributed by atoms with Crippen LogP contribution in [0.1, 0.15) is 104 Å². The molecule has 0 fully saturated rings. The molecule has 0 bridgehead atoms. The van der Waals surface area contributed by atoms with Gasteiger partial charge >= 0.3 is 63.8 Å². The molecule has 0 radical (unpaired) electrons. The van der Waals surface area contributed by atoms with Gasteiger partial charge in [0.2, 0.25) is 0 Å². The molecule has 0 nitrogen and oxygen atoms in total. The van der Waals surface area contributed by atoms with Crippen LogP contribution in [0.15, 0.2) is 90.0 Å². The second-order valence-corrected chi connectivity index (χ2v) is 15.9. The molecule has 44 heavy (non-hydrogen) atoms. The van der Waals surface area contributed by atoms with Crippen molar-refractivity contribution in [2.75, 3.05) is 0 Å². The Kier molecular flexibility index (Phi) is 8.81. The Morgan fingerprint density at radius 1 is 0.773 bits per heavy atom. The van der Waals surface area contributed by atoms with Gasteiger partial charge in [-0.15, -0.1) is 39.7 Å². The molecule has 1 heteroatoms. The van der Waals surface area contributed by atoms with E-state index in [0.717, 1.165) is 0 Å². The van der Waals surface area contributed by atoms with Crippen LogP contribution < -0.4 is 0 Å². The second kappa shape index (κ2) is 11.9. The van der Waals surface area contributed by atoms with Gasteiger partial charge in [-0.1, -0.05) is 109 Å². The Morgan fingerprint density at radius 3 is 1.59 bits per heavy atom. The zero-order chi connectivity index (χ0) is 32.2. The fourth-order valence-electron chi connectivity index (χ4n) is 7.42. The fourth-order valence-corrected chi connectivity index (χ4v) is 7.89. The molecule has 0 saturated heterocycles. The van der Waals surface area contributed by atoms with Crippen molar-refractivity contribution in [2.45, 2.75) is 87.0 Å². The molecule has 0 aliphatic heterocycles. The molecule has 0 saturated carbocycles. The van der Waals surface area contributed by atoms with Crippen LogP contribution in [0.2, 0.25) is 0 Å². The summed E-state index contributed by atoms with van der Waals surface area (Å²) >= 11 is 1.46. The van der Waals surface area contributed by atoms with E-state index < -0.39 is 0 Å². The van der Waals surface area contributed by atoms with E-state index in [4.69, 9.17) is 0 Å². The van der Waals surface area contributed by atoms with Crippen LogP contribution in [0.5, 0.6) is 0 Å². The van der Waals surface area contributed by atoms with Gasteiger partial charge in [0.15, 0.2) is 0 Å². The molecule has 0 spiro atoms. The number of hydrogen-bond donors (Lipinski definition) is 0. The Morgan fingerprint density at radius 2 is 1.25 bits per heavy atom. The van der Waals surface area contributed by atoms with Crippen LogP contribution >= 0.6 is 0 Å². The van der Waals surface area contributed by atoms with Crippen molar-refractivity contribution in [3.63, 3.8) is 0 Å². The summed E-state index contributed by atoms with van der Waals surface area (Å²) < 4.78 is 2.17. The van der Waals surface area contributed by atoms with Crippen LogP contribution in [0, 0.1) is 17.4 Å². The van der Waals surface area contributed by atoms with E-state index in [9.17, 15) is 0 Å². The summed E-state index contributed by atoms with van der Waals surface area (Å²) in [7, 11) is 0. The summed E-state index contributed by atoms with van der Waals surface area (Å²) in [6.07, 6.45) is 10.5. The zero-order valence-corrected chi connectivity index (χ0v) is 31.1. The summed E-state index contributed by atoms with van der Waals surface area (Å²) in [4.78, 5) is 0. The molecule has 0 amide bonds. The van der Waals surface area contributed by atoms with Crippen molar-refractivity contribution in [3.8, 4) is 0 Å². The van der Waals surface area contributed by atoms with Crippen molar-refractivity contribution in [1.29, 1.82) is 0 Å². The first kappa shape index (κ1) is 32.6. The maximum atomic E-state index is 3.40. The molecular weight excluding hydrogens is 608 g/mol. The quantitative estimate of drug-likeness (QED) is 0.179. The number of benzene rings is 3. The number of allylic oxidation sites excluding steroid dienone is 8. The average Bonchev–Trinajstić information content (AvgIpc) is 3.62. The second-order valence-electron chi connectivity index (χ2n) is 15.2. The molecule has 0 aromatic heterocycles. The van der Waals surface area contributed by atoms with Crippen LogP contribution in [0.3, 0.4) is 0 Å². The number of fused-ring (bicyclic) bond motifs is 5. The van der Waals surface area contributed by atoms with Gasteiger partial charge in [0.05, 0.1) is 0 Å². The third-order valence-electron chi connectivity index (χ3n) is 9.41. The Balaban J connectivity index is 0.000000167. The molecule has 224 valence electrons. The van der Waals surface area contributed by atoms with Crippen molar-refractivity contribution >= 4 is 36.4 Å². The van der Waals surface area contributed by atoms with E-state index in [-0.39, 0.29) is 10.8 Å². The normalized spacial score (nSPS) is 19.2. The van der Waals surface area contributed by atoms with E-state index >= 15 is 0 Å². The summed E-state index contributed by atoms with van der Waals surface area (Å²) in [5, 5.41) is 5.57.